The highest BCUT2D eigenvalue weighted by atomic mass is 35.5. The van der Waals surface area contributed by atoms with Crippen LogP contribution in [0.4, 0.5) is 18.9 Å². The quantitative estimate of drug-likeness (QED) is 0.809. The minimum atomic E-state index is -4.56. The molecular weight excluding hydrogens is 327 g/mol. The standard InChI is InChI=1S/C17H15ClF3NO/c1-11-2-4-12(5-3-11)6-9-16(23)22-13-7-8-15(18)14(10-13)17(19,20)21/h2-5,7-8,10H,6,9H2,1H3,(H,22,23). The molecule has 23 heavy (non-hydrogen) atoms. The van der Waals surface area contributed by atoms with E-state index < -0.39 is 16.8 Å². The average molecular weight is 342 g/mol. The van der Waals surface area contributed by atoms with E-state index in [1.54, 1.807) is 0 Å². The second kappa shape index (κ2) is 7.04. The maximum atomic E-state index is 12.8. The summed E-state index contributed by atoms with van der Waals surface area (Å²) < 4.78 is 38.3. The maximum absolute atomic E-state index is 12.8. The molecule has 0 bridgehead atoms. The van der Waals surface area contributed by atoms with Crippen molar-refractivity contribution in [2.75, 3.05) is 5.32 Å². The molecule has 0 heterocycles. The number of hydrogen-bond donors (Lipinski definition) is 1. The average Bonchev–Trinajstić information content (AvgIpc) is 2.47. The molecule has 0 saturated heterocycles. The topological polar surface area (TPSA) is 29.1 Å². The van der Waals surface area contributed by atoms with Crippen LogP contribution in [0.25, 0.3) is 0 Å². The first-order valence-electron chi connectivity index (χ1n) is 6.98. The van der Waals surface area contributed by atoms with Crippen LogP contribution in [0.2, 0.25) is 5.02 Å². The van der Waals surface area contributed by atoms with Crippen molar-refractivity contribution < 1.29 is 18.0 Å². The van der Waals surface area contributed by atoms with Crippen molar-refractivity contribution in [3.05, 3.63) is 64.2 Å². The van der Waals surface area contributed by atoms with Crippen molar-refractivity contribution >= 4 is 23.2 Å². The molecule has 122 valence electrons. The monoisotopic (exact) mass is 341 g/mol. The Balaban J connectivity index is 1.99. The molecule has 2 aromatic rings. The van der Waals surface area contributed by atoms with Gasteiger partial charge in [0.2, 0.25) is 5.91 Å². The van der Waals surface area contributed by atoms with E-state index in [1.165, 1.54) is 6.07 Å². The zero-order valence-corrected chi connectivity index (χ0v) is 13.1. The summed E-state index contributed by atoms with van der Waals surface area (Å²) in [6.45, 7) is 1.97. The summed E-state index contributed by atoms with van der Waals surface area (Å²) in [6.07, 6.45) is -3.85. The molecule has 1 amide bonds. The molecule has 0 aliphatic heterocycles. The van der Waals surface area contributed by atoms with Gasteiger partial charge in [-0.15, -0.1) is 0 Å². The van der Waals surface area contributed by atoms with Crippen LogP contribution in [0, 0.1) is 6.92 Å². The van der Waals surface area contributed by atoms with Crippen LogP contribution in [0.15, 0.2) is 42.5 Å². The lowest BCUT2D eigenvalue weighted by Gasteiger charge is -2.12. The molecule has 0 radical (unpaired) electrons. The first-order chi connectivity index (χ1) is 10.8. The molecule has 2 rings (SSSR count). The highest BCUT2D eigenvalue weighted by Gasteiger charge is 2.33. The van der Waals surface area contributed by atoms with E-state index in [0.717, 1.165) is 23.3 Å². The van der Waals surface area contributed by atoms with Gasteiger partial charge in [0.25, 0.3) is 0 Å². The summed E-state index contributed by atoms with van der Waals surface area (Å²) in [6, 6.07) is 11.1. The molecule has 0 aliphatic rings. The third-order valence-corrected chi connectivity index (χ3v) is 3.65. The number of rotatable bonds is 4. The SMILES string of the molecule is Cc1ccc(CCC(=O)Nc2ccc(Cl)c(C(F)(F)F)c2)cc1. The molecule has 0 saturated carbocycles. The number of nitrogens with one attached hydrogen (secondary N) is 1. The number of aryl methyl sites for hydroxylation is 2. The normalized spacial score (nSPS) is 11.3. The molecule has 0 atom stereocenters. The lowest BCUT2D eigenvalue weighted by atomic mass is 10.1. The fraction of sp³-hybridized carbons (Fsp3) is 0.235. The fourth-order valence-electron chi connectivity index (χ4n) is 2.06. The van der Waals surface area contributed by atoms with Gasteiger partial charge in [-0.1, -0.05) is 41.4 Å². The van der Waals surface area contributed by atoms with Gasteiger partial charge in [0.15, 0.2) is 0 Å². The summed E-state index contributed by atoms with van der Waals surface area (Å²) >= 11 is 5.54. The lowest BCUT2D eigenvalue weighted by Crippen LogP contribution is -2.14. The number of anilines is 1. The maximum Gasteiger partial charge on any atom is 0.417 e. The Hall–Kier alpha value is -2.01. The fourth-order valence-corrected chi connectivity index (χ4v) is 2.28. The van der Waals surface area contributed by atoms with E-state index in [0.29, 0.717) is 6.42 Å². The summed E-state index contributed by atoms with van der Waals surface area (Å²) in [5, 5.41) is 2.07. The summed E-state index contributed by atoms with van der Waals surface area (Å²) in [5.74, 6) is -0.346. The highest BCUT2D eigenvalue weighted by Crippen LogP contribution is 2.36. The molecule has 0 unspecified atom stereocenters. The van der Waals surface area contributed by atoms with Crippen LogP contribution in [0.3, 0.4) is 0 Å². The zero-order chi connectivity index (χ0) is 17.0. The number of alkyl halides is 3. The van der Waals surface area contributed by atoms with E-state index in [1.807, 2.05) is 31.2 Å². The van der Waals surface area contributed by atoms with E-state index in [-0.39, 0.29) is 18.0 Å². The number of carbonyl (C=O) groups excluding carboxylic acids is 1. The Labute approximate surface area is 137 Å². The Morgan fingerprint density at radius 2 is 1.78 bits per heavy atom. The number of halogens is 4. The second-order valence-corrected chi connectivity index (χ2v) is 5.63. The van der Waals surface area contributed by atoms with E-state index >= 15 is 0 Å². The molecule has 6 heteroatoms. The number of benzene rings is 2. The highest BCUT2D eigenvalue weighted by molar-refractivity contribution is 6.31. The van der Waals surface area contributed by atoms with Crippen LogP contribution >= 0.6 is 11.6 Å². The largest absolute Gasteiger partial charge is 0.417 e. The molecule has 1 N–H and O–H groups in total. The van der Waals surface area contributed by atoms with Crippen molar-refractivity contribution in [1.82, 2.24) is 0 Å². The van der Waals surface area contributed by atoms with E-state index in [9.17, 15) is 18.0 Å². The van der Waals surface area contributed by atoms with Gasteiger partial charge >= 0.3 is 6.18 Å². The molecule has 0 aromatic heterocycles. The van der Waals surface area contributed by atoms with Gasteiger partial charge in [-0.25, -0.2) is 0 Å². The van der Waals surface area contributed by atoms with Crippen LogP contribution in [-0.4, -0.2) is 5.91 Å². The molecule has 2 nitrogen and oxygen atoms in total. The van der Waals surface area contributed by atoms with Gasteiger partial charge in [-0.05, 0) is 37.1 Å². The van der Waals surface area contributed by atoms with Crippen LogP contribution in [-0.2, 0) is 17.4 Å². The van der Waals surface area contributed by atoms with Crippen molar-refractivity contribution in [3.63, 3.8) is 0 Å². The minimum Gasteiger partial charge on any atom is -0.326 e. The van der Waals surface area contributed by atoms with Crippen LogP contribution in [0.1, 0.15) is 23.1 Å². The third-order valence-electron chi connectivity index (χ3n) is 3.32. The van der Waals surface area contributed by atoms with Gasteiger partial charge in [-0.3, -0.25) is 4.79 Å². The minimum absolute atomic E-state index is 0.0793. The predicted octanol–water partition coefficient (Wildman–Crippen LogP) is 5.24. The Bertz CT molecular complexity index is 696. The smallest absolute Gasteiger partial charge is 0.326 e. The molecular formula is C17H15ClF3NO. The Morgan fingerprint density at radius 3 is 2.39 bits per heavy atom. The van der Waals surface area contributed by atoms with Crippen molar-refractivity contribution in [2.24, 2.45) is 0 Å². The van der Waals surface area contributed by atoms with Gasteiger partial charge in [0, 0.05) is 12.1 Å². The van der Waals surface area contributed by atoms with Crippen molar-refractivity contribution in [2.45, 2.75) is 25.9 Å². The molecule has 0 fully saturated rings. The van der Waals surface area contributed by atoms with Crippen LogP contribution in [0.5, 0.6) is 0 Å². The third kappa shape index (κ3) is 4.99. The van der Waals surface area contributed by atoms with E-state index in [4.69, 9.17) is 11.6 Å². The summed E-state index contributed by atoms with van der Waals surface area (Å²) in [7, 11) is 0. The predicted molar refractivity (Wildman–Crippen MR) is 84.6 cm³/mol. The number of hydrogen-bond acceptors (Lipinski definition) is 1. The van der Waals surface area contributed by atoms with Gasteiger partial charge in [-0.2, -0.15) is 13.2 Å². The Kier molecular flexibility index (Phi) is 5.31. The second-order valence-electron chi connectivity index (χ2n) is 5.23. The van der Waals surface area contributed by atoms with Crippen molar-refractivity contribution in [1.29, 1.82) is 0 Å². The number of amides is 1. The van der Waals surface area contributed by atoms with Gasteiger partial charge < -0.3 is 5.32 Å². The van der Waals surface area contributed by atoms with Gasteiger partial charge in [0.1, 0.15) is 0 Å². The van der Waals surface area contributed by atoms with Gasteiger partial charge in [0.05, 0.1) is 10.6 Å². The first kappa shape index (κ1) is 17.3. The Morgan fingerprint density at radius 1 is 1.13 bits per heavy atom. The summed E-state index contributed by atoms with van der Waals surface area (Å²) in [4.78, 5) is 11.9. The number of carbonyl (C=O) groups is 1. The zero-order valence-electron chi connectivity index (χ0n) is 12.4. The molecule has 0 spiro atoms. The van der Waals surface area contributed by atoms with E-state index in [2.05, 4.69) is 5.32 Å². The van der Waals surface area contributed by atoms with Crippen molar-refractivity contribution in [3.8, 4) is 0 Å². The van der Waals surface area contributed by atoms with Crippen LogP contribution < -0.4 is 5.32 Å². The molecule has 0 aliphatic carbocycles. The molecule has 2 aromatic carbocycles. The first-order valence-corrected chi connectivity index (χ1v) is 7.35. The lowest BCUT2D eigenvalue weighted by molar-refractivity contribution is -0.137. The summed E-state index contributed by atoms with van der Waals surface area (Å²) in [5.41, 5.74) is 1.24.